The van der Waals surface area contributed by atoms with Crippen LogP contribution in [0.5, 0.6) is 0 Å². The van der Waals surface area contributed by atoms with Gasteiger partial charge in [-0.3, -0.25) is 4.79 Å². The van der Waals surface area contributed by atoms with Crippen LogP contribution in [-0.2, 0) is 16.0 Å². The third-order valence-electron chi connectivity index (χ3n) is 4.89. The van der Waals surface area contributed by atoms with Crippen molar-refractivity contribution in [3.8, 4) is 0 Å². The van der Waals surface area contributed by atoms with Crippen LogP contribution in [0.1, 0.15) is 38.5 Å². The van der Waals surface area contributed by atoms with Gasteiger partial charge in [-0.1, -0.05) is 30.0 Å². The molecule has 0 aliphatic rings. The second kappa shape index (κ2) is 10.9. The van der Waals surface area contributed by atoms with Gasteiger partial charge in [0.15, 0.2) is 6.61 Å². The lowest BCUT2D eigenvalue weighted by Gasteiger charge is -2.10. The van der Waals surface area contributed by atoms with Gasteiger partial charge in [-0.2, -0.15) is 0 Å². The number of esters is 1. The van der Waals surface area contributed by atoms with Crippen LogP contribution in [0.4, 0.5) is 0 Å². The number of Topliss-reactive ketones (excluding diaryl/α,β-unsaturated/α-hetero) is 1. The number of methoxy groups -OCH3 is 1. The van der Waals surface area contributed by atoms with Crippen molar-refractivity contribution < 1.29 is 19.1 Å². The number of benzene rings is 1. The van der Waals surface area contributed by atoms with E-state index in [1.54, 1.807) is 25.4 Å². The number of nitrogens with zero attached hydrogens (tertiary/aromatic N) is 2. The molecule has 0 aliphatic heterocycles. The normalized spacial score (nSPS) is 10.8. The van der Waals surface area contributed by atoms with Crippen molar-refractivity contribution >= 4 is 23.5 Å². The van der Waals surface area contributed by atoms with Gasteiger partial charge in [0.05, 0.1) is 5.56 Å². The second-order valence-electron chi connectivity index (χ2n) is 7.05. The van der Waals surface area contributed by atoms with E-state index in [0.717, 1.165) is 29.2 Å². The first-order chi connectivity index (χ1) is 15.0. The number of carbonyl (C=O) groups is 2. The highest BCUT2D eigenvalue weighted by atomic mass is 32.2. The largest absolute Gasteiger partial charge is 0.454 e. The maximum absolute atomic E-state index is 12.7. The highest BCUT2D eigenvalue weighted by Gasteiger charge is 2.20. The Labute approximate surface area is 186 Å². The lowest BCUT2D eigenvalue weighted by atomic mass is 10.1. The van der Waals surface area contributed by atoms with Gasteiger partial charge < -0.3 is 14.0 Å². The van der Waals surface area contributed by atoms with E-state index in [2.05, 4.69) is 9.55 Å². The van der Waals surface area contributed by atoms with Gasteiger partial charge in [-0.15, -0.1) is 0 Å². The van der Waals surface area contributed by atoms with Gasteiger partial charge >= 0.3 is 5.97 Å². The molecule has 7 heteroatoms. The Hall–Kier alpha value is -2.90. The van der Waals surface area contributed by atoms with E-state index in [-0.39, 0.29) is 12.4 Å². The molecule has 3 aromatic rings. The average Bonchev–Trinajstić information content (AvgIpc) is 3.07. The quantitative estimate of drug-likeness (QED) is 0.259. The fourth-order valence-corrected chi connectivity index (χ4v) is 4.20. The molecule has 0 saturated carbocycles. The topological polar surface area (TPSA) is 70.4 Å². The first-order valence-corrected chi connectivity index (χ1v) is 10.9. The molecule has 2 aromatic heterocycles. The van der Waals surface area contributed by atoms with E-state index in [1.807, 2.05) is 50.2 Å². The number of ether oxygens (including phenoxy) is 2. The van der Waals surface area contributed by atoms with Crippen LogP contribution in [0, 0.1) is 13.8 Å². The smallest absolute Gasteiger partial charge is 0.341 e. The fraction of sp³-hybridized carbons (Fsp3) is 0.292. The van der Waals surface area contributed by atoms with Crippen LogP contribution in [0.2, 0.25) is 0 Å². The number of hydrogen-bond donors (Lipinski definition) is 0. The van der Waals surface area contributed by atoms with Crippen LogP contribution in [0.25, 0.3) is 0 Å². The molecular formula is C24H26N2O4S. The van der Waals surface area contributed by atoms with E-state index in [1.165, 1.54) is 11.8 Å². The minimum atomic E-state index is -0.561. The fourth-order valence-electron chi connectivity index (χ4n) is 3.31. The van der Waals surface area contributed by atoms with Crippen molar-refractivity contribution in [3.63, 3.8) is 0 Å². The number of carbonyl (C=O) groups excluding carboxylic acids is 2. The minimum Gasteiger partial charge on any atom is -0.454 e. The molecule has 162 valence electrons. The van der Waals surface area contributed by atoms with E-state index < -0.39 is 5.97 Å². The standard InChI is InChI=1S/C24H26N2O4S/c1-17-15-21(18(2)26(17)13-8-14-29-3)22(27)16-30-24(28)20-11-7-12-25-23(20)31-19-9-5-4-6-10-19/h4-7,9-12,15H,8,13-14,16H2,1-3H3. The Morgan fingerprint density at radius 2 is 1.84 bits per heavy atom. The Bertz CT molecular complexity index is 1050. The number of rotatable bonds is 10. The first kappa shape index (κ1) is 22.8. The second-order valence-corrected chi connectivity index (χ2v) is 8.12. The van der Waals surface area contributed by atoms with E-state index in [4.69, 9.17) is 9.47 Å². The number of aryl methyl sites for hydroxylation is 1. The number of hydrogen-bond acceptors (Lipinski definition) is 6. The molecule has 1 aromatic carbocycles. The predicted octanol–water partition coefficient (Wildman–Crippen LogP) is 4.73. The Balaban J connectivity index is 1.66. The molecule has 3 rings (SSSR count). The lowest BCUT2D eigenvalue weighted by Crippen LogP contribution is -2.16. The van der Waals surface area contributed by atoms with Crippen molar-refractivity contribution in [1.29, 1.82) is 0 Å². The average molecular weight is 439 g/mol. The highest BCUT2D eigenvalue weighted by molar-refractivity contribution is 7.99. The third kappa shape index (κ3) is 5.83. The maximum atomic E-state index is 12.7. The van der Waals surface area contributed by atoms with E-state index in [9.17, 15) is 9.59 Å². The van der Waals surface area contributed by atoms with Crippen LogP contribution < -0.4 is 0 Å². The lowest BCUT2D eigenvalue weighted by molar-refractivity contribution is 0.0470. The third-order valence-corrected chi connectivity index (χ3v) is 5.91. The summed E-state index contributed by atoms with van der Waals surface area (Å²) in [6, 6.07) is 14.9. The predicted molar refractivity (Wildman–Crippen MR) is 120 cm³/mol. The molecule has 0 aliphatic carbocycles. The first-order valence-electron chi connectivity index (χ1n) is 10.0. The van der Waals surface area contributed by atoms with Crippen LogP contribution in [0.3, 0.4) is 0 Å². The molecule has 0 fully saturated rings. The molecule has 0 saturated heterocycles. The molecule has 0 radical (unpaired) electrons. The molecular weight excluding hydrogens is 412 g/mol. The summed E-state index contributed by atoms with van der Waals surface area (Å²) in [7, 11) is 1.67. The number of aromatic nitrogens is 2. The molecule has 0 bridgehead atoms. The van der Waals surface area contributed by atoms with Crippen molar-refractivity contribution in [2.45, 2.75) is 36.7 Å². The molecule has 6 nitrogen and oxygen atoms in total. The molecule has 31 heavy (non-hydrogen) atoms. The minimum absolute atomic E-state index is 0.222. The monoisotopic (exact) mass is 438 g/mol. The van der Waals surface area contributed by atoms with Gasteiger partial charge in [-0.05, 0) is 50.6 Å². The number of ketones is 1. The summed E-state index contributed by atoms with van der Waals surface area (Å²) < 4.78 is 12.5. The summed E-state index contributed by atoms with van der Waals surface area (Å²) in [5.74, 6) is -0.783. The molecule has 0 spiro atoms. The number of pyridine rings is 1. The SMILES string of the molecule is COCCCn1c(C)cc(C(=O)COC(=O)c2cccnc2Sc2ccccc2)c1C. The van der Waals surface area contributed by atoms with E-state index >= 15 is 0 Å². The van der Waals surface area contributed by atoms with Gasteiger partial charge in [0.1, 0.15) is 5.03 Å². The van der Waals surface area contributed by atoms with Crippen LogP contribution in [0.15, 0.2) is 64.6 Å². The van der Waals surface area contributed by atoms with Gasteiger partial charge in [0, 0.05) is 48.3 Å². The zero-order valence-corrected chi connectivity index (χ0v) is 18.8. The van der Waals surface area contributed by atoms with Crippen molar-refractivity contribution in [1.82, 2.24) is 9.55 Å². The Kier molecular flexibility index (Phi) is 8.03. The molecule has 0 atom stereocenters. The van der Waals surface area contributed by atoms with Crippen LogP contribution >= 0.6 is 11.8 Å². The van der Waals surface area contributed by atoms with Gasteiger partial charge in [-0.25, -0.2) is 9.78 Å². The van der Waals surface area contributed by atoms with Crippen molar-refractivity contribution in [2.24, 2.45) is 0 Å². The van der Waals surface area contributed by atoms with Gasteiger partial charge in [0.2, 0.25) is 5.78 Å². The molecule has 0 N–H and O–H groups in total. The summed E-state index contributed by atoms with van der Waals surface area (Å²) >= 11 is 1.38. The van der Waals surface area contributed by atoms with Crippen LogP contribution in [-0.4, -0.2) is 41.6 Å². The van der Waals surface area contributed by atoms with Crippen molar-refractivity contribution in [2.75, 3.05) is 20.3 Å². The highest BCUT2D eigenvalue weighted by Crippen LogP contribution is 2.28. The van der Waals surface area contributed by atoms with Crippen molar-refractivity contribution in [3.05, 3.63) is 77.2 Å². The maximum Gasteiger partial charge on any atom is 0.341 e. The summed E-state index contributed by atoms with van der Waals surface area (Å²) in [4.78, 5) is 30.7. The van der Waals surface area contributed by atoms with Gasteiger partial charge in [0.25, 0.3) is 0 Å². The molecule has 2 heterocycles. The Morgan fingerprint density at radius 1 is 1.06 bits per heavy atom. The van der Waals surface area contributed by atoms with E-state index in [0.29, 0.717) is 22.8 Å². The molecule has 0 unspecified atom stereocenters. The zero-order valence-electron chi connectivity index (χ0n) is 18.0. The summed E-state index contributed by atoms with van der Waals surface area (Å²) in [5, 5.41) is 0.544. The summed E-state index contributed by atoms with van der Waals surface area (Å²) in [6.45, 7) is 4.99. The zero-order chi connectivity index (χ0) is 22.2. The summed E-state index contributed by atoms with van der Waals surface area (Å²) in [5.41, 5.74) is 2.79. The molecule has 0 amide bonds. The Morgan fingerprint density at radius 3 is 2.58 bits per heavy atom. The summed E-state index contributed by atoms with van der Waals surface area (Å²) in [6.07, 6.45) is 2.49.